The highest BCUT2D eigenvalue weighted by atomic mass is 16.3. The highest BCUT2D eigenvalue weighted by Crippen LogP contribution is 2.19. The number of carbonyl (C=O) groups is 1. The Morgan fingerprint density at radius 1 is 1.53 bits per heavy atom. The van der Waals surface area contributed by atoms with Crippen LogP contribution in [0.5, 0.6) is 0 Å². The van der Waals surface area contributed by atoms with E-state index < -0.39 is 0 Å². The summed E-state index contributed by atoms with van der Waals surface area (Å²) >= 11 is 0. The zero-order chi connectivity index (χ0) is 11.1. The Labute approximate surface area is 90.9 Å². The fraction of sp³-hybridized carbons (Fsp3) is 0.583. The molecule has 0 fully saturated rings. The van der Waals surface area contributed by atoms with Crippen molar-refractivity contribution in [2.45, 2.75) is 45.6 Å². The first-order valence-corrected chi connectivity index (χ1v) is 5.59. The van der Waals surface area contributed by atoms with Crippen molar-refractivity contribution in [3.8, 4) is 0 Å². The monoisotopic (exact) mass is 209 g/mol. The first kappa shape index (κ1) is 11.8. The maximum atomic E-state index is 11.3. The Balaban J connectivity index is 2.57. The fourth-order valence-electron chi connectivity index (χ4n) is 1.50. The molecule has 1 N–H and O–H groups in total. The van der Waals surface area contributed by atoms with Gasteiger partial charge in [0.15, 0.2) is 0 Å². The summed E-state index contributed by atoms with van der Waals surface area (Å²) in [6.45, 7) is 4.01. The van der Waals surface area contributed by atoms with Crippen LogP contribution in [0, 0.1) is 0 Å². The van der Waals surface area contributed by atoms with E-state index in [9.17, 15) is 4.79 Å². The minimum absolute atomic E-state index is 0.0947. The van der Waals surface area contributed by atoms with E-state index in [4.69, 9.17) is 4.42 Å². The average Bonchev–Trinajstić information content (AvgIpc) is 2.77. The largest absolute Gasteiger partial charge is 0.472 e. The van der Waals surface area contributed by atoms with Crippen LogP contribution in [0.3, 0.4) is 0 Å². The second-order valence-electron chi connectivity index (χ2n) is 3.67. The third-order valence-electron chi connectivity index (χ3n) is 2.45. The van der Waals surface area contributed by atoms with Gasteiger partial charge in [-0.3, -0.25) is 4.79 Å². The van der Waals surface area contributed by atoms with Gasteiger partial charge in [0.25, 0.3) is 0 Å². The van der Waals surface area contributed by atoms with Crippen molar-refractivity contribution in [2.75, 3.05) is 0 Å². The second kappa shape index (κ2) is 6.27. The van der Waals surface area contributed by atoms with Crippen LogP contribution in [0.1, 0.15) is 51.1 Å². The zero-order valence-electron chi connectivity index (χ0n) is 9.45. The van der Waals surface area contributed by atoms with E-state index in [1.54, 1.807) is 12.5 Å². The number of hydrogen-bond donors (Lipinski definition) is 1. The molecular formula is C12H19NO2. The summed E-state index contributed by atoms with van der Waals surface area (Å²) in [5, 5.41) is 3.00. The topological polar surface area (TPSA) is 42.2 Å². The summed E-state index contributed by atoms with van der Waals surface area (Å²) < 4.78 is 5.04. The van der Waals surface area contributed by atoms with Crippen LogP contribution in [-0.2, 0) is 4.79 Å². The molecule has 0 aliphatic carbocycles. The van der Waals surface area contributed by atoms with Crippen LogP contribution in [0.4, 0.5) is 0 Å². The van der Waals surface area contributed by atoms with Gasteiger partial charge in [0.05, 0.1) is 18.6 Å². The lowest BCUT2D eigenvalue weighted by molar-refractivity contribution is -0.121. The smallest absolute Gasteiger partial charge is 0.220 e. The van der Waals surface area contributed by atoms with Gasteiger partial charge in [-0.25, -0.2) is 0 Å². The molecular weight excluding hydrogens is 190 g/mol. The molecule has 0 bridgehead atoms. The number of unbranched alkanes of at least 4 members (excludes halogenated alkanes) is 1. The predicted octanol–water partition coefficient (Wildman–Crippen LogP) is 3.04. The molecule has 1 aromatic heterocycles. The van der Waals surface area contributed by atoms with Crippen LogP contribution in [0.25, 0.3) is 0 Å². The van der Waals surface area contributed by atoms with E-state index in [2.05, 4.69) is 12.2 Å². The van der Waals surface area contributed by atoms with Gasteiger partial charge in [-0.05, 0) is 12.5 Å². The molecule has 1 heterocycles. The molecule has 0 aromatic carbocycles. The van der Waals surface area contributed by atoms with Gasteiger partial charge in [-0.1, -0.05) is 26.7 Å². The van der Waals surface area contributed by atoms with E-state index in [0.717, 1.165) is 24.8 Å². The van der Waals surface area contributed by atoms with E-state index in [-0.39, 0.29) is 11.9 Å². The summed E-state index contributed by atoms with van der Waals surface area (Å²) in [5.41, 5.74) is 1.06. The van der Waals surface area contributed by atoms with E-state index >= 15 is 0 Å². The molecule has 15 heavy (non-hydrogen) atoms. The third kappa shape index (κ3) is 3.78. The summed E-state index contributed by atoms with van der Waals surface area (Å²) in [6, 6.07) is 2.02. The first-order valence-electron chi connectivity index (χ1n) is 5.59. The molecule has 0 saturated carbocycles. The summed E-state index contributed by atoms with van der Waals surface area (Å²) in [6.07, 6.45) is 7.10. The first-order chi connectivity index (χ1) is 7.27. The molecule has 1 amide bonds. The molecule has 1 aromatic rings. The molecule has 0 radical (unpaired) electrons. The molecule has 0 saturated heterocycles. The number of furan rings is 1. The number of nitrogens with one attached hydrogen (secondary N) is 1. The van der Waals surface area contributed by atoms with Gasteiger partial charge >= 0.3 is 0 Å². The molecule has 3 nitrogen and oxygen atoms in total. The van der Waals surface area contributed by atoms with E-state index in [0.29, 0.717) is 6.42 Å². The lowest BCUT2D eigenvalue weighted by atomic mass is 10.0. The lowest BCUT2D eigenvalue weighted by Gasteiger charge is -2.16. The van der Waals surface area contributed by atoms with Gasteiger partial charge in [0.2, 0.25) is 5.91 Å². The number of rotatable bonds is 6. The average molecular weight is 209 g/mol. The van der Waals surface area contributed by atoms with Gasteiger partial charge in [0.1, 0.15) is 0 Å². The van der Waals surface area contributed by atoms with Gasteiger partial charge in [0, 0.05) is 12.0 Å². The maximum absolute atomic E-state index is 11.3. The Morgan fingerprint density at radius 2 is 2.33 bits per heavy atom. The van der Waals surface area contributed by atoms with Gasteiger partial charge < -0.3 is 9.73 Å². The summed E-state index contributed by atoms with van der Waals surface area (Å²) in [5.74, 6) is 0.0947. The SMILES string of the molecule is CCCCC(NC(=O)CC)c1ccoc1. The number of hydrogen-bond acceptors (Lipinski definition) is 2. The van der Waals surface area contributed by atoms with Gasteiger partial charge in [-0.2, -0.15) is 0 Å². The Kier molecular flexibility index (Phi) is 4.95. The van der Waals surface area contributed by atoms with E-state index in [1.807, 2.05) is 13.0 Å². The van der Waals surface area contributed by atoms with Crippen molar-refractivity contribution in [3.63, 3.8) is 0 Å². The molecule has 84 valence electrons. The summed E-state index contributed by atoms with van der Waals surface area (Å²) in [4.78, 5) is 11.3. The molecule has 0 spiro atoms. The third-order valence-corrected chi connectivity index (χ3v) is 2.45. The van der Waals surface area contributed by atoms with Crippen LogP contribution in [0.2, 0.25) is 0 Å². The normalized spacial score (nSPS) is 12.4. The van der Waals surface area contributed by atoms with Crippen molar-refractivity contribution in [1.82, 2.24) is 5.32 Å². The molecule has 1 unspecified atom stereocenters. The van der Waals surface area contributed by atoms with Crippen LogP contribution < -0.4 is 5.32 Å². The van der Waals surface area contributed by atoms with Crippen LogP contribution in [-0.4, -0.2) is 5.91 Å². The Hall–Kier alpha value is -1.25. The zero-order valence-corrected chi connectivity index (χ0v) is 9.45. The fourth-order valence-corrected chi connectivity index (χ4v) is 1.50. The maximum Gasteiger partial charge on any atom is 0.220 e. The molecule has 3 heteroatoms. The minimum Gasteiger partial charge on any atom is -0.472 e. The quantitative estimate of drug-likeness (QED) is 0.782. The lowest BCUT2D eigenvalue weighted by Crippen LogP contribution is -2.27. The minimum atomic E-state index is 0.0947. The van der Waals surface area contributed by atoms with Crippen molar-refractivity contribution in [3.05, 3.63) is 24.2 Å². The number of amides is 1. The number of carbonyl (C=O) groups excluding carboxylic acids is 1. The molecule has 0 aliphatic heterocycles. The second-order valence-corrected chi connectivity index (χ2v) is 3.67. The predicted molar refractivity (Wildman–Crippen MR) is 59.4 cm³/mol. The van der Waals surface area contributed by atoms with E-state index in [1.165, 1.54) is 0 Å². The highest BCUT2D eigenvalue weighted by molar-refractivity contribution is 5.76. The molecule has 1 atom stereocenters. The Morgan fingerprint density at radius 3 is 2.87 bits per heavy atom. The van der Waals surface area contributed by atoms with Crippen molar-refractivity contribution in [1.29, 1.82) is 0 Å². The van der Waals surface area contributed by atoms with Crippen LogP contribution >= 0.6 is 0 Å². The summed E-state index contributed by atoms with van der Waals surface area (Å²) in [7, 11) is 0. The molecule has 0 aliphatic rings. The molecule has 1 rings (SSSR count). The van der Waals surface area contributed by atoms with Crippen molar-refractivity contribution in [2.24, 2.45) is 0 Å². The van der Waals surface area contributed by atoms with Gasteiger partial charge in [-0.15, -0.1) is 0 Å². The Bertz CT molecular complexity index is 280. The van der Waals surface area contributed by atoms with Crippen molar-refractivity contribution >= 4 is 5.91 Å². The van der Waals surface area contributed by atoms with Crippen LogP contribution in [0.15, 0.2) is 23.0 Å². The highest BCUT2D eigenvalue weighted by Gasteiger charge is 2.13. The van der Waals surface area contributed by atoms with Crippen molar-refractivity contribution < 1.29 is 9.21 Å². The standard InChI is InChI=1S/C12H19NO2/c1-3-5-6-11(13-12(14)4-2)10-7-8-15-9-10/h7-9,11H,3-6H2,1-2H3,(H,13,14).